The van der Waals surface area contributed by atoms with Crippen LogP contribution in [-0.4, -0.2) is 4.57 Å². The van der Waals surface area contributed by atoms with E-state index in [4.69, 9.17) is 0 Å². The first-order valence-corrected chi connectivity index (χ1v) is 18.9. The molecule has 1 rings (SSSR count). The molecule has 2 nitrogen and oxygen atoms in total. The summed E-state index contributed by atoms with van der Waals surface area (Å²) in [6, 6.07) is 0. The highest BCUT2D eigenvalue weighted by molar-refractivity contribution is 4.84. The van der Waals surface area contributed by atoms with Crippen molar-refractivity contribution in [2.75, 3.05) is 0 Å². The lowest BCUT2D eigenvalue weighted by molar-refractivity contribution is -0.704. The maximum absolute atomic E-state index is 2.62. The van der Waals surface area contributed by atoms with E-state index in [-0.39, 0.29) is 0 Å². The summed E-state index contributed by atoms with van der Waals surface area (Å²) in [5.74, 6) is 1.61. The van der Waals surface area contributed by atoms with Crippen LogP contribution in [0.25, 0.3) is 0 Å². The lowest BCUT2D eigenvalue weighted by Crippen LogP contribution is -2.37. The van der Waals surface area contributed by atoms with Crippen LogP contribution in [0.15, 0.2) is 12.4 Å². The number of aryl methyl sites for hydroxylation is 2. The summed E-state index contributed by atoms with van der Waals surface area (Å²) in [4.78, 5) is 0. The number of hydrogen-bond acceptors (Lipinski definition) is 0. The maximum Gasteiger partial charge on any atom is 0.256 e. The predicted octanol–water partition coefficient (Wildman–Crippen LogP) is 12.7. The summed E-state index contributed by atoms with van der Waals surface area (Å²) in [6.07, 6.45) is 47.4. The zero-order valence-corrected chi connectivity index (χ0v) is 28.2. The third kappa shape index (κ3) is 21.9. The average Bonchev–Trinajstić information content (AvgIpc) is 3.35. The summed E-state index contributed by atoms with van der Waals surface area (Å²) >= 11 is 0. The molecule has 0 bridgehead atoms. The van der Waals surface area contributed by atoms with Gasteiger partial charge in [0.15, 0.2) is 0 Å². The number of hydrogen-bond donors (Lipinski definition) is 0. The molecule has 0 aliphatic heterocycles. The monoisotopic (exact) mass is 560 g/mol. The van der Waals surface area contributed by atoms with Gasteiger partial charge < -0.3 is 0 Å². The lowest BCUT2D eigenvalue weighted by Gasteiger charge is -2.07. The summed E-state index contributed by atoms with van der Waals surface area (Å²) in [5.41, 5.74) is 0. The quantitative estimate of drug-likeness (QED) is 0.0613. The van der Waals surface area contributed by atoms with Gasteiger partial charge in [0.05, 0.1) is 13.1 Å². The molecule has 1 aromatic heterocycles. The molecule has 0 amide bonds. The highest BCUT2D eigenvalue weighted by Gasteiger charge is 2.16. The van der Waals surface area contributed by atoms with E-state index in [0.29, 0.717) is 0 Å². The van der Waals surface area contributed by atoms with E-state index in [1.54, 1.807) is 5.82 Å². The van der Waals surface area contributed by atoms with E-state index in [1.165, 1.54) is 206 Å². The van der Waals surface area contributed by atoms with Crippen molar-refractivity contribution in [2.24, 2.45) is 0 Å². The number of unbranched alkanes of at least 4 members (excludes halogenated alkanes) is 26. The molecule has 0 spiro atoms. The molecule has 0 aliphatic rings. The first kappa shape index (κ1) is 37.2. The Morgan fingerprint density at radius 3 is 1.20 bits per heavy atom. The molecule has 0 saturated carbocycles. The van der Waals surface area contributed by atoms with Gasteiger partial charge in [-0.05, 0) is 32.1 Å². The Balaban J connectivity index is 2.18. The van der Waals surface area contributed by atoms with Crippen molar-refractivity contribution in [3.63, 3.8) is 0 Å². The molecule has 1 aromatic rings. The Labute approximate surface area is 253 Å². The first-order valence-electron chi connectivity index (χ1n) is 18.9. The van der Waals surface area contributed by atoms with Crippen molar-refractivity contribution >= 4 is 0 Å². The zero-order chi connectivity index (χ0) is 28.8. The molecule has 0 aliphatic carbocycles. The van der Waals surface area contributed by atoms with Gasteiger partial charge >= 0.3 is 0 Å². The van der Waals surface area contributed by atoms with Crippen molar-refractivity contribution in [1.29, 1.82) is 0 Å². The van der Waals surface area contributed by atoms with E-state index < -0.39 is 0 Å². The minimum absolute atomic E-state index is 1.23. The second-order valence-corrected chi connectivity index (χ2v) is 13.0. The van der Waals surface area contributed by atoms with E-state index in [0.717, 1.165) is 0 Å². The standard InChI is InChI=1S/C38H75N2/c1-4-7-10-13-15-17-19-20-21-23-25-27-29-32-35-40-37-36-39(38(40)33-30-12-9-6-3)34-31-28-26-24-22-18-16-14-11-8-5-2/h36-37H,4-35H2,1-3H3/q+1. The van der Waals surface area contributed by atoms with Crippen molar-refractivity contribution in [3.05, 3.63) is 18.2 Å². The molecule has 0 fully saturated rings. The molecule has 0 aromatic carbocycles. The third-order valence-electron chi connectivity index (χ3n) is 9.10. The first-order chi connectivity index (χ1) is 19.8. The van der Waals surface area contributed by atoms with Gasteiger partial charge in [-0.1, -0.05) is 175 Å². The van der Waals surface area contributed by atoms with Gasteiger partial charge in [-0.3, -0.25) is 0 Å². The van der Waals surface area contributed by atoms with E-state index in [9.17, 15) is 0 Å². The molecular formula is C38H75N2+. The summed E-state index contributed by atoms with van der Waals surface area (Å²) in [6.45, 7) is 9.40. The SMILES string of the molecule is CCCCCCCCCCCCCCCCn1cc[n+](CCCCCCCCCCCCC)c1CCCCCC. The van der Waals surface area contributed by atoms with Gasteiger partial charge in [-0.15, -0.1) is 0 Å². The number of imidazole rings is 1. The van der Waals surface area contributed by atoms with Crippen LogP contribution in [0.4, 0.5) is 0 Å². The van der Waals surface area contributed by atoms with Crippen molar-refractivity contribution in [1.82, 2.24) is 4.57 Å². The molecular weight excluding hydrogens is 484 g/mol. The fourth-order valence-corrected chi connectivity index (χ4v) is 6.33. The normalized spacial score (nSPS) is 11.6. The van der Waals surface area contributed by atoms with Crippen LogP contribution in [0.3, 0.4) is 0 Å². The van der Waals surface area contributed by atoms with Gasteiger partial charge in [0, 0.05) is 6.42 Å². The molecule has 0 radical (unpaired) electrons. The lowest BCUT2D eigenvalue weighted by atomic mass is 10.0. The van der Waals surface area contributed by atoms with Crippen LogP contribution in [0, 0.1) is 0 Å². The molecule has 0 N–H and O–H groups in total. The second kappa shape index (κ2) is 29.7. The van der Waals surface area contributed by atoms with Crippen molar-refractivity contribution in [2.45, 2.75) is 226 Å². The predicted molar refractivity (Wildman–Crippen MR) is 179 cm³/mol. The van der Waals surface area contributed by atoms with E-state index >= 15 is 0 Å². The average molecular weight is 560 g/mol. The van der Waals surface area contributed by atoms with E-state index in [2.05, 4.69) is 42.3 Å². The number of nitrogens with zero attached hydrogens (tertiary/aromatic N) is 2. The molecule has 40 heavy (non-hydrogen) atoms. The Morgan fingerprint density at radius 2 is 0.775 bits per heavy atom. The summed E-state index contributed by atoms with van der Waals surface area (Å²) in [5, 5.41) is 0. The van der Waals surface area contributed by atoms with E-state index in [1.807, 2.05) is 0 Å². The Kier molecular flexibility index (Phi) is 27.6. The maximum atomic E-state index is 2.62. The Morgan fingerprint density at radius 1 is 0.425 bits per heavy atom. The Hall–Kier alpha value is -0.790. The van der Waals surface area contributed by atoms with Gasteiger partial charge in [0.25, 0.3) is 5.82 Å². The largest absolute Gasteiger partial charge is 0.256 e. The highest BCUT2D eigenvalue weighted by atomic mass is 15.1. The van der Waals surface area contributed by atoms with Gasteiger partial charge in [0.2, 0.25) is 0 Å². The zero-order valence-electron chi connectivity index (χ0n) is 28.2. The molecule has 0 atom stereocenters. The van der Waals surface area contributed by atoms with Crippen LogP contribution in [0.1, 0.15) is 213 Å². The van der Waals surface area contributed by atoms with Crippen LogP contribution in [-0.2, 0) is 19.5 Å². The third-order valence-corrected chi connectivity index (χ3v) is 9.10. The van der Waals surface area contributed by atoms with Crippen LogP contribution < -0.4 is 4.57 Å². The highest BCUT2D eigenvalue weighted by Crippen LogP contribution is 2.15. The number of rotatable bonds is 32. The summed E-state index contributed by atoms with van der Waals surface area (Å²) in [7, 11) is 0. The smallest absolute Gasteiger partial charge is 0.234 e. The fourth-order valence-electron chi connectivity index (χ4n) is 6.33. The minimum atomic E-state index is 1.23. The van der Waals surface area contributed by atoms with Crippen molar-refractivity contribution < 1.29 is 4.57 Å². The molecule has 236 valence electrons. The molecule has 0 saturated heterocycles. The van der Waals surface area contributed by atoms with Crippen molar-refractivity contribution in [3.8, 4) is 0 Å². The molecule has 1 heterocycles. The van der Waals surface area contributed by atoms with Gasteiger partial charge in [0.1, 0.15) is 12.4 Å². The summed E-state index contributed by atoms with van der Waals surface area (Å²) < 4.78 is 5.23. The van der Waals surface area contributed by atoms with Crippen LogP contribution >= 0.6 is 0 Å². The van der Waals surface area contributed by atoms with Crippen LogP contribution in [0.2, 0.25) is 0 Å². The topological polar surface area (TPSA) is 8.81 Å². The fraction of sp³-hybridized carbons (Fsp3) is 0.921. The van der Waals surface area contributed by atoms with Gasteiger partial charge in [-0.2, -0.15) is 0 Å². The minimum Gasteiger partial charge on any atom is -0.234 e. The van der Waals surface area contributed by atoms with Gasteiger partial charge in [-0.25, -0.2) is 9.13 Å². The molecule has 2 heteroatoms. The molecule has 0 unspecified atom stereocenters. The van der Waals surface area contributed by atoms with Crippen LogP contribution in [0.5, 0.6) is 0 Å². The second-order valence-electron chi connectivity index (χ2n) is 13.0. The number of aromatic nitrogens is 2. The Bertz CT molecular complexity index is 619.